The second-order valence-electron chi connectivity index (χ2n) is 5.50. The molecule has 0 unspecified atom stereocenters. The summed E-state index contributed by atoms with van der Waals surface area (Å²) in [6, 6.07) is 9.70. The van der Waals surface area contributed by atoms with Crippen molar-refractivity contribution in [3.05, 3.63) is 41.4 Å². The molecule has 0 aliphatic carbocycles. The van der Waals surface area contributed by atoms with Crippen molar-refractivity contribution < 1.29 is 9.15 Å². The maximum atomic E-state index is 9.18. The maximum absolute atomic E-state index is 9.18. The molecule has 0 fully saturated rings. The van der Waals surface area contributed by atoms with E-state index in [1.54, 1.807) is 13.2 Å². The van der Waals surface area contributed by atoms with Crippen LogP contribution in [0.2, 0.25) is 0 Å². The van der Waals surface area contributed by atoms with Crippen LogP contribution < -0.4 is 10.1 Å². The molecule has 6 nitrogen and oxygen atoms in total. The Labute approximate surface area is 142 Å². The topological polar surface area (TPSA) is 74.3 Å². The Hall–Kier alpha value is -2.78. The number of methoxy groups -OCH3 is 1. The average Bonchev–Trinajstić information content (AvgIpc) is 2.99. The van der Waals surface area contributed by atoms with Crippen LogP contribution >= 0.6 is 0 Å². The molecule has 1 aromatic carbocycles. The van der Waals surface area contributed by atoms with Crippen molar-refractivity contribution in [2.45, 2.75) is 6.42 Å². The lowest BCUT2D eigenvalue weighted by Crippen LogP contribution is -2.16. The van der Waals surface area contributed by atoms with Gasteiger partial charge in [-0.2, -0.15) is 10.2 Å². The average molecular weight is 326 g/mol. The first kappa shape index (κ1) is 17.6. The standard InChI is InChI=1S/C18H22N4O2/c1-22(2)12-6-11-20-18-15(13-19)21-17(24-18)10-9-14-7-4-5-8-16(14)23-3/h4-5,7-10,20H,6,11-12H2,1-3H3. The molecular formula is C18H22N4O2. The first-order chi connectivity index (χ1) is 11.6. The van der Waals surface area contributed by atoms with E-state index < -0.39 is 0 Å². The Morgan fingerprint density at radius 1 is 1.33 bits per heavy atom. The quantitative estimate of drug-likeness (QED) is 0.751. The minimum atomic E-state index is 0.263. The minimum Gasteiger partial charge on any atom is -0.496 e. The summed E-state index contributed by atoms with van der Waals surface area (Å²) in [5.74, 6) is 1.56. The van der Waals surface area contributed by atoms with Crippen LogP contribution in [-0.2, 0) is 0 Å². The lowest BCUT2D eigenvalue weighted by Gasteiger charge is -2.08. The van der Waals surface area contributed by atoms with Gasteiger partial charge in [0, 0.05) is 18.2 Å². The molecule has 0 aliphatic heterocycles. The molecule has 0 spiro atoms. The van der Waals surface area contributed by atoms with Crippen molar-refractivity contribution in [3.63, 3.8) is 0 Å². The number of ether oxygens (including phenoxy) is 1. The molecule has 0 saturated carbocycles. The lowest BCUT2D eigenvalue weighted by atomic mass is 10.2. The molecule has 1 aromatic heterocycles. The van der Waals surface area contributed by atoms with Gasteiger partial charge >= 0.3 is 0 Å². The summed E-state index contributed by atoms with van der Waals surface area (Å²) in [5.41, 5.74) is 1.18. The molecule has 1 heterocycles. The fourth-order valence-electron chi connectivity index (χ4n) is 2.17. The molecule has 2 aromatic rings. The Bertz CT molecular complexity index is 729. The molecule has 24 heavy (non-hydrogen) atoms. The maximum Gasteiger partial charge on any atom is 0.232 e. The lowest BCUT2D eigenvalue weighted by molar-refractivity contribution is 0.404. The third-order valence-electron chi connectivity index (χ3n) is 3.36. The molecular weight excluding hydrogens is 304 g/mol. The van der Waals surface area contributed by atoms with Gasteiger partial charge in [-0.3, -0.25) is 0 Å². The number of nitrogens with one attached hydrogen (secondary N) is 1. The highest BCUT2D eigenvalue weighted by atomic mass is 16.5. The van der Waals surface area contributed by atoms with E-state index in [-0.39, 0.29) is 5.69 Å². The molecule has 0 atom stereocenters. The number of aromatic nitrogens is 1. The highest BCUT2D eigenvalue weighted by Gasteiger charge is 2.11. The van der Waals surface area contributed by atoms with Gasteiger partial charge < -0.3 is 19.4 Å². The number of hydrogen-bond donors (Lipinski definition) is 1. The van der Waals surface area contributed by atoms with Gasteiger partial charge in [-0.05, 0) is 39.2 Å². The van der Waals surface area contributed by atoms with E-state index in [1.165, 1.54) is 0 Å². The largest absolute Gasteiger partial charge is 0.496 e. The Kier molecular flexibility index (Phi) is 6.41. The number of rotatable bonds is 8. The molecule has 6 heteroatoms. The summed E-state index contributed by atoms with van der Waals surface area (Å²) < 4.78 is 10.9. The van der Waals surface area contributed by atoms with Crippen molar-refractivity contribution in [1.82, 2.24) is 9.88 Å². The van der Waals surface area contributed by atoms with Crippen molar-refractivity contribution in [2.75, 3.05) is 39.6 Å². The summed E-state index contributed by atoms with van der Waals surface area (Å²) in [6.07, 6.45) is 4.52. The van der Waals surface area contributed by atoms with Gasteiger partial charge in [-0.25, -0.2) is 0 Å². The van der Waals surface area contributed by atoms with Crippen molar-refractivity contribution in [1.29, 1.82) is 5.26 Å². The Balaban J connectivity index is 2.06. The monoisotopic (exact) mass is 326 g/mol. The Morgan fingerprint density at radius 2 is 2.12 bits per heavy atom. The summed E-state index contributed by atoms with van der Waals surface area (Å²) in [4.78, 5) is 6.29. The normalized spacial score (nSPS) is 11.0. The van der Waals surface area contributed by atoms with Gasteiger partial charge in [0.25, 0.3) is 0 Å². The van der Waals surface area contributed by atoms with E-state index in [4.69, 9.17) is 9.15 Å². The first-order valence-corrected chi connectivity index (χ1v) is 7.74. The van der Waals surface area contributed by atoms with Crippen LogP contribution in [0.1, 0.15) is 23.6 Å². The van der Waals surface area contributed by atoms with Gasteiger partial charge in [0.2, 0.25) is 17.5 Å². The van der Waals surface area contributed by atoms with Gasteiger partial charge in [-0.15, -0.1) is 0 Å². The third-order valence-corrected chi connectivity index (χ3v) is 3.36. The van der Waals surface area contributed by atoms with Crippen molar-refractivity contribution in [2.24, 2.45) is 0 Å². The van der Waals surface area contributed by atoms with E-state index in [1.807, 2.05) is 44.4 Å². The van der Waals surface area contributed by atoms with E-state index in [0.717, 1.165) is 30.8 Å². The second-order valence-corrected chi connectivity index (χ2v) is 5.50. The summed E-state index contributed by atoms with van der Waals surface area (Å²) in [6.45, 7) is 1.68. The van der Waals surface area contributed by atoms with Crippen LogP contribution in [0, 0.1) is 11.3 Å². The summed E-state index contributed by atoms with van der Waals surface area (Å²) in [7, 11) is 5.67. The molecule has 0 saturated heterocycles. The SMILES string of the molecule is COc1ccccc1C=Cc1nc(C#N)c(NCCCN(C)C)o1. The van der Waals surface area contributed by atoms with Gasteiger partial charge in [0.05, 0.1) is 7.11 Å². The van der Waals surface area contributed by atoms with Crippen molar-refractivity contribution >= 4 is 18.0 Å². The van der Waals surface area contributed by atoms with Crippen LogP contribution in [0.4, 0.5) is 5.88 Å². The fourth-order valence-corrected chi connectivity index (χ4v) is 2.17. The summed E-state index contributed by atoms with van der Waals surface area (Å²) >= 11 is 0. The number of benzene rings is 1. The van der Waals surface area contributed by atoms with Crippen LogP contribution in [0.5, 0.6) is 5.75 Å². The highest BCUT2D eigenvalue weighted by molar-refractivity contribution is 5.70. The fraction of sp³-hybridized carbons (Fsp3) is 0.333. The molecule has 0 amide bonds. The van der Waals surface area contributed by atoms with Crippen LogP contribution in [0.3, 0.4) is 0 Å². The first-order valence-electron chi connectivity index (χ1n) is 7.74. The van der Waals surface area contributed by atoms with E-state index in [9.17, 15) is 5.26 Å². The van der Waals surface area contributed by atoms with Crippen LogP contribution in [-0.4, -0.2) is 44.2 Å². The smallest absolute Gasteiger partial charge is 0.232 e. The molecule has 0 bridgehead atoms. The van der Waals surface area contributed by atoms with Crippen LogP contribution in [0.25, 0.3) is 12.2 Å². The van der Waals surface area contributed by atoms with Gasteiger partial charge in [0.15, 0.2) is 0 Å². The number of nitriles is 1. The predicted molar refractivity (Wildman–Crippen MR) is 94.8 cm³/mol. The van der Waals surface area contributed by atoms with Gasteiger partial charge in [0.1, 0.15) is 11.8 Å². The summed E-state index contributed by atoms with van der Waals surface area (Å²) in [5, 5.41) is 12.3. The second kappa shape index (κ2) is 8.75. The van der Waals surface area contributed by atoms with E-state index in [0.29, 0.717) is 11.8 Å². The zero-order valence-electron chi connectivity index (χ0n) is 14.2. The Morgan fingerprint density at radius 3 is 2.83 bits per heavy atom. The molecule has 0 radical (unpaired) electrons. The van der Waals surface area contributed by atoms with Crippen LogP contribution in [0.15, 0.2) is 28.7 Å². The number of hydrogen-bond acceptors (Lipinski definition) is 6. The third kappa shape index (κ3) is 4.86. The molecule has 0 aliphatic rings. The van der Waals surface area contributed by atoms with E-state index in [2.05, 4.69) is 21.3 Å². The molecule has 2 rings (SSSR count). The zero-order valence-corrected chi connectivity index (χ0v) is 14.2. The molecule has 1 N–H and O–H groups in total. The number of para-hydroxylation sites is 1. The zero-order chi connectivity index (χ0) is 17.4. The van der Waals surface area contributed by atoms with Gasteiger partial charge in [-0.1, -0.05) is 18.2 Å². The number of oxazole rings is 1. The van der Waals surface area contributed by atoms with Crippen molar-refractivity contribution in [3.8, 4) is 11.8 Å². The highest BCUT2D eigenvalue weighted by Crippen LogP contribution is 2.22. The molecule has 126 valence electrons. The number of nitrogens with zero attached hydrogens (tertiary/aromatic N) is 3. The predicted octanol–water partition coefficient (Wildman–Crippen LogP) is 3.09. The minimum absolute atomic E-state index is 0.263. The number of anilines is 1. The van der Waals surface area contributed by atoms with E-state index >= 15 is 0 Å².